The molecule has 176 valence electrons. The van der Waals surface area contributed by atoms with E-state index in [-0.39, 0.29) is 36.0 Å². The summed E-state index contributed by atoms with van der Waals surface area (Å²) in [4.78, 5) is 13.7. The van der Waals surface area contributed by atoms with Gasteiger partial charge in [0, 0.05) is 30.0 Å². The van der Waals surface area contributed by atoms with E-state index < -0.39 is 0 Å². The van der Waals surface area contributed by atoms with Crippen LogP contribution >= 0.6 is 0 Å². The number of para-hydroxylation sites is 1. The molecule has 0 spiro atoms. The number of ether oxygens (including phenoxy) is 1. The molecule has 6 heteroatoms. The van der Waals surface area contributed by atoms with Crippen molar-refractivity contribution in [2.45, 2.75) is 38.1 Å². The Morgan fingerprint density at radius 1 is 0.971 bits per heavy atom. The minimum Gasteiger partial charge on any atom is -0.496 e. The zero-order chi connectivity index (χ0) is 23.5. The first-order valence-corrected chi connectivity index (χ1v) is 11.9. The quantitative estimate of drug-likeness (QED) is 0.455. The Labute approximate surface area is 201 Å². The fraction of sp³-hybridized carbons (Fsp3) is 0.321. The molecule has 5 rings (SSSR count). The molecule has 6 nitrogen and oxygen atoms in total. The number of benzene rings is 3. The van der Waals surface area contributed by atoms with Crippen molar-refractivity contribution in [2.75, 3.05) is 7.11 Å². The van der Waals surface area contributed by atoms with Crippen LogP contribution in [0.1, 0.15) is 40.8 Å². The molecule has 2 aliphatic heterocycles. The molecule has 1 amide bonds. The predicted molar refractivity (Wildman–Crippen MR) is 133 cm³/mol. The van der Waals surface area contributed by atoms with E-state index in [9.17, 15) is 4.79 Å². The summed E-state index contributed by atoms with van der Waals surface area (Å²) in [6.07, 6.45) is 0.635. The average molecular weight is 457 g/mol. The first-order valence-electron chi connectivity index (χ1n) is 11.9. The molecule has 2 aliphatic rings. The lowest BCUT2D eigenvalue weighted by atomic mass is 9.74. The number of rotatable bonds is 6. The van der Waals surface area contributed by atoms with Crippen LogP contribution < -0.4 is 26.2 Å². The summed E-state index contributed by atoms with van der Waals surface area (Å²) in [7, 11) is 1.69. The van der Waals surface area contributed by atoms with Crippen LogP contribution in [0.2, 0.25) is 0 Å². The van der Waals surface area contributed by atoms with Gasteiger partial charge in [-0.2, -0.15) is 0 Å². The van der Waals surface area contributed by atoms with E-state index in [1.54, 1.807) is 7.11 Å². The molecular formula is C28H32N4O2. The van der Waals surface area contributed by atoms with Crippen LogP contribution in [-0.4, -0.2) is 19.2 Å². The first kappa shape index (κ1) is 22.6. The van der Waals surface area contributed by atoms with Gasteiger partial charge in [-0.1, -0.05) is 78.4 Å². The Balaban J connectivity index is 1.43. The van der Waals surface area contributed by atoms with Gasteiger partial charge in [-0.3, -0.25) is 10.1 Å². The number of hydrogen-bond acceptors (Lipinski definition) is 5. The Kier molecular flexibility index (Phi) is 6.63. The van der Waals surface area contributed by atoms with Gasteiger partial charge in [0.1, 0.15) is 5.75 Å². The molecule has 34 heavy (non-hydrogen) atoms. The van der Waals surface area contributed by atoms with Gasteiger partial charge in [0.25, 0.3) is 0 Å². The second-order valence-electron chi connectivity index (χ2n) is 9.24. The van der Waals surface area contributed by atoms with E-state index in [2.05, 4.69) is 58.7 Å². The summed E-state index contributed by atoms with van der Waals surface area (Å²) in [6, 6.07) is 26.7. The van der Waals surface area contributed by atoms with E-state index >= 15 is 0 Å². The van der Waals surface area contributed by atoms with Gasteiger partial charge in [0.05, 0.1) is 19.3 Å². The molecular weight excluding hydrogens is 424 g/mol. The van der Waals surface area contributed by atoms with Crippen LogP contribution in [0.3, 0.4) is 0 Å². The number of amides is 1. The number of carbonyl (C=O) groups excluding carboxylic acids is 1. The third-order valence-corrected chi connectivity index (χ3v) is 7.10. The number of methoxy groups -OCH3 is 1. The molecule has 5 atom stereocenters. The molecule has 4 N–H and O–H groups in total. The lowest BCUT2D eigenvalue weighted by Gasteiger charge is -2.40. The molecule has 3 aromatic rings. The fourth-order valence-corrected chi connectivity index (χ4v) is 5.33. The number of carbonyl (C=O) groups is 1. The molecule has 0 radical (unpaired) electrons. The predicted octanol–water partition coefficient (Wildman–Crippen LogP) is 3.76. The summed E-state index contributed by atoms with van der Waals surface area (Å²) < 4.78 is 5.64. The molecule has 5 unspecified atom stereocenters. The third kappa shape index (κ3) is 4.57. The molecule has 0 bridgehead atoms. The van der Waals surface area contributed by atoms with Crippen LogP contribution in [0.15, 0.2) is 78.9 Å². The minimum absolute atomic E-state index is 0.00376. The van der Waals surface area contributed by atoms with Gasteiger partial charge < -0.3 is 10.1 Å². The van der Waals surface area contributed by atoms with Crippen molar-refractivity contribution < 1.29 is 9.53 Å². The Morgan fingerprint density at radius 2 is 1.71 bits per heavy atom. The van der Waals surface area contributed by atoms with E-state index in [1.807, 2.05) is 48.5 Å². The molecule has 2 fully saturated rings. The molecule has 3 aromatic carbocycles. The number of aryl methyl sites for hydroxylation is 1. The number of piperidine rings is 1. The zero-order valence-corrected chi connectivity index (χ0v) is 19.6. The minimum atomic E-state index is -0.182. The second-order valence-corrected chi connectivity index (χ2v) is 9.24. The Bertz CT molecular complexity index is 1120. The number of hydrogen-bond donors (Lipinski definition) is 4. The highest BCUT2D eigenvalue weighted by molar-refractivity contribution is 5.79. The summed E-state index contributed by atoms with van der Waals surface area (Å²) in [5.41, 5.74) is 11.5. The van der Waals surface area contributed by atoms with Crippen molar-refractivity contribution >= 4 is 5.91 Å². The zero-order valence-electron chi connectivity index (χ0n) is 19.6. The molecule has 0 saturated carbocycles. The normalized spacial score (nSPS) is 26.0. The Morgan fingerprint density at radius 3 is 2.47 bits per heavy atom. The highest BCUT2D eigenvalue weighted by Crippen LogP contribution is 2.43. The summed E-state index contributed by atoms with van der Waals surface area (Å²) in [5, 5.41) is 6.95. The molecule has 0 aliphatic carbocycles. The van der Waals surface area contributed by atoms with Gasteiger partial charge >= 0.3 is 0 Å². The van der Waals surface area contributed by atoms with E-state index in [0.29, 0.717) is 13.0 Å². The molecule has 0 aromatic heterocycles. The van der Waals surface area contributed by atoms with Crippen LogP contribution in [0.4, 0.5) is 0 Å². The van der Waals surface area contributed by atoms with E-state index in [4.69, 9.17) is 4.74 Å². The van der Waals surface area contributed by atoms with Crippen molar-refractivity contribution in [3.05, 3.63) is 101 Å². The van der Waals surface area contributed by atoms with Crippen molar-refractivity contribution in [1.29, 1.82) is 0 Å². The smallest absolute Gasteiger partial charge is 0.223 e. The van der Waals surface area contributed by atoms with E-state index in [1.165, 1.54) is 11.1 Å². The van der Waals surface area contributed by atoms with E-state index in [0.717, 1.165) is 16.9 Å². The SMILES string of the molecule is COc1ccccc1C1CC(C(=O)NCc2ccccc2)C2C(NNC2c2ccc(C)cc2)N1. The van der Waals surface area contributed by atoms with Gasteiger partial charge in [-0.05, 0) is 30.5 Å². The maximum absolute atomic E-state index is 13.7. The van der Waals surface area contributed by atoms with Gasteiger partial charge in [0.15, 0.2) is 0 Å². The summed E-state index contributed by atoms with van der Waals surface area (Å²) in [5.74, 6) is 0.800. The van der Waals surface area contributed by atoms with Crippen LogP contribution in [0, 0.1) is 18.8 Å². The van der Waals surface area contributed by atoms with Gasteiger partial charge in [-0.15, -0.1) is 0 Å². The van der Waals surface area contributed by atoms with Crippen molar-refractivity contribution in [2.24, 2.45) is 11.8 Å². The lowest BCUT2D eigenvalue weighted by molar-refractivity contribution is -0.129. The maximum atomic E-state index is 13.7. The highest BCUT2D eigenvalue weighted by Gasteiger charge is 2.49. The average Bonchev–Trinajstić information content (AvgIpc) is 3.32. The topological polar surface area (TPSA) is 74.4 Å². The van der Waals surface area contributed by atoms with Crippen molar-refractivity contribution in [1.82, 2.24) is 21.5 Å². The molecule has 2 heterocycles. The highest BCUT2D eigenvalue weighted by atomic mass is 16.5. The van der Waals surface area contributed by atoms with Crippen LogP contribution in [0.5, 0.6) is 5.75 Å². The monoisotopic (exact) mass is 456 g/mol. The standard InChI is InChI=1S/C28H32N4O2/c1-18-12-14-20(15-13-18)26-25-22(28(33)29-17-19-8-4-3-5-9-19)16-23(30-27(25)32-31-26)21-10-6-7-11-24(21)34-2/h3-15,22-23,25-27,30-32H,16-17H2,1-2H3,(H,29,33). The van der Waals surface area contributed by atoms with Gasteiger partial charge in [-0.25, -0.2) is 10.9 Å². The third-order valence-electron chi connectivity index (χ3n) is 7.10. The number of fused-ring (bicyclic) bond motifs is 1. The van der Waals surface area contributed by atoms with Gasteiger partial charge in [0.2, 0.25) is 5.91 Å². The largest absolute Gasteiger partial charge is 0.496 e. The lowest BCUT2D eigenvalue weighted by Crippen LogP contribution is -2.54. The van der Waals surface area contributed by atoms with Crippen LogP contribution in [-0.2, 0) is 11.3 Å². The first-order chi connectivity index (χ1) is 16.6. The molecule has 2 saturated heterocycles. The summed E-state index contributed by atoms with van der Waals surface area (Å²) >= 11 is 0. The maximum Gasteiger partial charge on any atom is 0.223 e. The fourth-order valence-electron chi connectivity index (χ4n) is 5.33. The van der Waals surface area contributed by atoms with Crippen molar-refractivity contribution in [3.63, 3.8) is 0 Å². The second kappa shape index (κ2) is 9.97. The number of nitrogens with one attached hydrogen (secondary N) is 4. The van der Waals surface area contributed by atoms with Crippen LogP contribution in [0.25, 0.3) is 0 Å². The number of hydrazine groups is 1. The Hall–Kier alpha value is -3.19. The van der Waals surface area contributed by atoms with Crippen molar-refractivity contribution in [3.8, 4) is 5.75 Å². The summed E-state index contributed by atoms with van der Waals surface area (Å²) in [6.45, 7) is 2.61.